The smallest absolute Gasteiger partial charge is 0.290 e. The van der Waals surface area contributed by atoms with Crippen LogP contribution in [0, 0.1) is 0 Å². The van der Waals surface area contributed by atoms with Gasteiger partial charge in [-0.1, -0.05) is 72.8 Å². The number of para-hydroxylation sites is 1. The number of furan rings is 1. The summed E-state index contributed by atoms with van der Waals surface area (Å²) in [6, 6.07) is 28.0. The first kappa shape index (κ1) is 18.9. The second-order valence-electron chi connectivity index (χ2n) is 7.41. The maximum Gasteiger partial charge on any atom is 0.290 e. The van der Waals surface area contributed by atoms with Crippen LogP contribution < -0.4 is 0 Å². The van der Waals surface area contributed by atoms with E-state index in [4.69, 9.17) is 4.42 Å². The standard InChI is InChI=1S/C26H21N3O2/c30-26(24-16-22-8-4-5-9-23(22)31-24)29(18-25-27-14-15-28-25)17-19-10-12-21(13-11-19)20-6-2-1-3-7-20/h1-16H,17-18H2,(H,27,28). The predicted octanol–water partition coefficient (Wildman–Crippen LogP) is 5.67. The van der Waals surface area contributed by atoms with Gasteiger partial charge < -0.3 is 14.3 Å². The first-order valence-corrected chi connectivity index (χ1v) is 10.2. The molecule has 0 atom stereocenters. The van der Waals surface area contributed by atoms with Crippen molar-refractivity contribution in [2.75, 3.05) is 0 Å². The molecule has 5 aromatic rings. The number of aromatic amines is 1. The van der Waals surface area contributed by atoms with Gasteiger partial charge in [0.2, 0.25) is 0 Å². The number of nitrogens with one attached hydrogen (secondary N) is 1. The van der Waals surface area contributed by atoms with Crippen LogP contribution in [0.1, 0.15) is 21.9 Å². The lowest BCUT2D eigenvalue weighted by Crippen LogP contribution is -2.30. The van der Waals surface area contributed by atoms with Crippen molar-refractivity contribution in [1.29, 1.82) is 0 Å². The molecule has 0 fully saturated rings. The van der Waals surface area contributed by atoms with Gasteiger partial charge in [-0.3, -0.25) is 4.79 Å². The maximum absolute atomic E-state index is 13.3. The molecule has 5 heteroatoms. The second kappa shape index (κ2) is 8.32. The number of carbonyl (C=O) groups is 1. The molecule has 1 amide bonds. The monoisotopic (exact) mass is 407 g/mol. The first-order chi connectivity index (χ1) is 15.3. The first-order valence-electron chi connectivity index (χ1n) is 10.2. The zero-order chi connectivity index (χ0) is 21.0. The second-order valence-corrected chi connectivity index (χ2v) is 7.41. The van der Waals surface area contributed by atoms with E-state index in [9.17, 15) is 4.79 Å². The van der Waals surface area contributed by atoms with Gasteiger partial charge in [-0.25, -0.2) is 4.98 Å². The molecule has 0 bridgehead atoms. The number of H-pyrrole nitrogens is 1. The molecule has 3 aromatic carbocycles. The van der Waals surface area contributed by atoms with Gasteiger partial charge in [0.15, 0.2) is 5.76 Å². The summed E-state index contributed by atoms with van der Waals surface area (Å²) in [5.41, 5.74) is 4.05. The van der Waals surface area contributed by atoms with E-state index in [1.54, 1.807) is 23.4 Å². The summed E-state index contributed by atoms with van der Waals surface area (Å²) in [7, 11) is 0. The third-order valence-corrected chi connectivity index (χ3v) is 5.25. The topological polar surface area (TPSA) is 62.1 Å². The van der Waals surface area contributed by atoms with E-state index in [1.807, 2.05) is 42.5 Å². The number of fused-ring (bicyclic) bond motifs is 1. The van der Waals surface area contributed by atoms with Gasteiger partial charge in [0.1, 0.15) is 11.4 Å². The Labute approximate surface area is 180 Å². The van der Waals surface area contributed by atoms with E-state index < -0.39 is 0 Å². The molecule has 31 heavy (non-hydrogen) atoms. The fourth-order valence-corrected chi connectivity index (χ4v) is 3.66. The average Bonchev–Trinajstić information content (AvgIpc) is 3.49. The number of nitrogens with zero attached hydrogens (tertiary/aromatic N) is 2. The summed E-state index contributed by atoms with van der Waals surface area (Å²) in [4.78, 5) is 22.4. The van der Waals surface area contributed by atoms with E-state index in [1.165, 1.54) is 5.56 Å². The van der Waals surface area contributed by atoms with E-state index in [0.29, 0.717) is 24.4 Å². The predicted molar refractivity (Wildman–Crippen MR) is 120 cm³/mol. The lowest BCUT2D eigenvalue weighted by atomic mass is 10.0. The van der Waals surface area contributed by atoms with Crippen LogP contribution in [0.25, 0.3) is 22.1 Å². The number of benzene rings is 3. The fourth-order valence-electron chi connectivity index (χ4n) is 3.66. The Bertz CT molecular complexity index is 1260. The molecule has 0 aliphatic carbocycles. The zero-order valence-electron chi connectivity index (χ0n) is 16.9. The highest BCUT2D eigenvalue weighted by atomic mass is 16.3. The molecule has 2 aromatic heterocycles. The Kier molecular flexibility index (Phi) is 5.07. The third-order valence-electron chi connectivity index (χ3n) is 5.25. The summed E-state index contributed by atoms with van der Waals surface area (Å²) in [6.45, 7) is 0.814. The molecule has 0 saturated carbocycles. The van der Waals surface area contributed by atoms with Crippen molar-refractivity contribution in [1.82, 2.24) is 14.9 Å². The molecule has 5 nitrogen and oxygen atoms in total. The van der Waals surface area contributed by atoms with Crippen molar-refractivity contribution < 1.29 is 9.21 Å². The summed E-state index contributed by atoms with van der Waals surface area (Å²) < 4.78 is 5.82. The van der Waals surface area contributed by atoms with E-state index in [2.05, 4.69) is 46.4 Å². The van der Waals surface area contributed by atoms with Gasteiger partial charge in [-0.2, -0.15) is 0 Å². The third kappa shape index (κ3) is 4.12. The Balaban J connectivity index is 1.41. The average molecular weight is 407 g/mol. The van der Waals surface area contributed by atoms with Crippen molar-refractivity contribution in [3.05, 3.63) is 114 Å². The number of hydrogen-bond donors (Lipinski definition) is 1. The summed E-state index contributed by atoms with van der Waals surface area (Å²) >= 11 is 0. The Morgan fingerprint density at radius 3 is 2.35 bits per heavy atom. The van der Waals surface area contributed by atoms with E-state index in [-0.39, 0.29) is 5.91 Å². The SMILES string of the molecule is O=C(c1cc2ccccc2o1)N(Cc1ccc(-c2ccccc2)cc1)Cc1ncc[nH]1. The molecule has 2 heterocycles. The summed E-state index contributed by atoms with van der Waals surface area (Å²) in [5.74, 6) is 0.888. The quantitative estimate of drug-likeness (QED) is 0.395. The molecular formula is C26H21N3O2. The van der Waals surface area contributed by atoms with Gasteiger partial charge in [-0.05, 0) is 28.8 Å². The molecule has 0 saturated heterocycles. The number of aromatic nitrogens is 2. The van der Waals surface area contributed by atoms with Crippen LogP contribution in [-0.2, 0) is 13.1 Å². The van der Waals surface area contributed by atoms with Gasteiger partial charge in [0.25, 0.3) is 5.91 Å². The van der Waals surface area contributed by atoms with Crippen LogP contribution in [0.4, 0.5) is 0 Å². The van der Waals surface area contributed by atoms with E-state index >= 15 is 0 Å². The van der Waals surface area contributed by atoms with Crippen molar-refractivity contribution >= 4 is 16.9 Å². The molecule has 0 radical (unpaired) electrons. The molecular weight excluding hydrogens is 386 g/mol. The number of rotatable bonds is 6. The largest absolute Gasteiger partial charge is 0.451 e. The fraction of sp³-hybridized carbons (Fsp3) is 0.0769. The number of amides is 1. The van der Waals surface area contributed by atoms with Crippen molar-refractivity contribution in [3.8, 4) is 11.1 Å². The van der Waals surface area contributed by atoms with Crippen molar-refractivity contribution in [3.63, 3.8) is 0 Å². The van der Waals surface area contributed by atoms with Crippen LogP contribution in [-0.4, -0.2) is 20.8 Å². The zero-order valence-corrected chi connectivity index (χ0v) is 16.9. The van der Waals surface area contributed by atoms with Crippen LogP contribution >= 0.6 is 0 Å². The van der Waals surface area contributed by atoms with Crippen molar-refractivity contribution in [2.45, 2.75) is 13.1 Å². The lowest BCUT2D eigenvalue weighted by molar-refractivity contribution is 0.0696. The van der Waals surface area contributed by atoms with Gasteiger partial charge in [0, 0.05) is 24.3 Å². The Morgan fingerprint density at radius 1 is 0.871 bits per heavy atom. The van der Waals surface area contributed by atoms with Crippen LogP contribution in [0.3, 0.4) is 0 Å². The van der Waals surface area contributed by atoms with Crippen LogP contribution in [0.2, 0.25) is 0 Å². The minimum atomic E-state index is -0.167. The minimum absolute atomic E-state index is 0.167. The van der Waals surface area contributed by atoms with Crippen molar-refractivity contribution in [2.24, 2.45) is 0 Å². The van der Waals surface area contributed by atoms with E-state index in [0.717, 1.165) is 22.3 Å². The molecule has 0 spiro atoms. The van der Waals surface area contributed by atoms with Crippen LogP contribution in [0.15, 0.2) is 102 Å². The number of imidazole rings is 1. The van der Waals surface area contributed by atoms with Crippen LogP contribution in [0.5, 0.6) is 0 Å². The van der Waals surface area contributed by atoms with Gasteiger partial charge >= 0.3 is 0 Å². The highest BCUT2D eigenvalue weighted by Gasteiger charge is 2.21. The van der Waals surface area contributed by atoms with Gasteiger partial charge in [-0.15, -0.1) is 0 Å². The normalized spacial score (nSPS) is 11.0. The molecule has 1 N–H and O–H groups in total. The molecule has 0 aliphatic heterocycles. The highest BCUT2D eigenvalue weighted by molar-refractivity contribution is 5.96. The highest BCUT2D eigenvalue weighted by Crippen LogP contribution is 2.23. The Morgan fingerprint density at radius 2 is 1.61 bits per heavy atom. The maximum atomic E-state index is 13.3. The molecule has 0 aliphatic rings. The molecule has 5 rings (SSSR count). The molecule has 0 unspecified atom stereocenters. The summed E-state index contributed by atoms with van der Waals surface area (Å²) in [6.07, 6.45) is 3.45. The number of carbonyl (C=O) groups excluding carboxylic acids is 1. The van der Waals surface area contributed by atoms with Gasteiger partial charge in [0.05, 0.1) is 6.54 Å². The Hall–Kier alpha value is -4.12. The summed E-state index contributed by atoms with van der Waals surface area (Å²) in [5, 5.41) is 0.913. The number of hydrogen-bond acceptors (Lipinski definition) is 3. The molecule has 152 valence electrons. The minimum Gasteiger partial charge on any atom is -0.451 e. The lowest BCUT2D eigenvalue weighted by Gasteiger charge is -2.21.